The predicted octanol–water partition coefficient (Wildman–Crippen LogP) is 3.97. The Morgan fingerprint density at radius 1 is 1.07 bits per heavy atom. The summed E-state index contributed by atoms with van der Waals surface area (Å²) in [7, 11) is 1.24. The molecule has 0 spiro atoms. The van der Waals surface area contributed by atoms with Gasteiger partial charge in [0.25, 0.3) is 0 Å². The van der Waals surface area contributed by atoms with Crippen molar-refractivity contribution < 1.29 is 19.1 Å². The van der Waals surface area contributed by atoms with Gasteiger partial charge in [-0.1, -0.05) is 48.0 Å². The molecule has 3 aromatic rings. The second-order valence-electron chi connectivity index (χ2n) is 6.51. The van der Waals surface area contributed by atoms with Crippen molar-refractivity contribution in [3.05, 3.63) is 78.0 Å². The van der Waals surface area contributed by atoms with Crippen molar-refractivity contribution in [3.8, 4) is 16.9 Å². The zero-order valence-electron chi connectivity index (χ0n) is 16.5. The van der Waals surface area contributed by atoms with Crippen LogP contribution in [0.2, 0.25) is 0 Å². The molecule has 0 aliphatic carbocycles. The third kappa shape index (κ3) is 4.99. The Hall–Kier alpha value is -3.67. The summed E-state index contributed by atoms with van der Waals surface area (Å²) in [6, 6.07) is 17.7. The fraction of sp³-hybridized carbons (Fsp3) is 0.174. The SMILES string of the molecule is COC(=O)C(C)OC(=O)/C=C/c1cn(-c2ccccc2)nc1-c1ccc(C)cc1. The predicted molar refractivity (Wildman–Crippen MR) is 110 cm³/mol. The number of carbonyl (C=O) groups is 2. The lowest BCUT2D eigenvalue weighted by Crippen LogP contribution is -2.24. The molecule has 0 amide bonds. The molecule has 29 heavy (non-hydrogen) atoms. The first-order chi connectivity index (χ1) is 14.0. The van der Waals surface area contributed by atoms with E-state index in [9.17, 15) is 9.59 Å². The minimum absolute atomic E-state index is 0.607. The molecule has 0 bridgehead atoms. The van der Waals surface area contributed by atoms with E-state index in [1.807, 2.05) is 67.7 Å². The molecule has 1 unspecified atom stereocenters. The number of benzene rings is 2. The fourth-order valence-corrected chi connectivity index (χ4v) is 2.74. The molecule has 0 fully saturated rings. The highest BCUT2D eigenvalue weighted by Gasteiger charge is 2.17. The number of methoxy groups -OCH3 is 1. The number of carbonyl (C=O) groups excluding carboxylic acids is 2. The number of esters is 2. The van der Waals surface area contributed by atoms with Gasteiger partial charge in [-0.25, -0.2) is 14.3 Å². The molecule has 6 nitrogen and oxygen atoms in total. The van der Waals surface area contributed by atoms with Gasteiger partial charge in [-0.3, -0.25) is 0 Å². The summed E-state index contributed by atoms with van der Waals surface area (Å²) in [4.78, 5) is 23.5. The average Bonchev–Trinajstić information content (AvgIpc) is 3.17. The summed E-state index contributed by atoms with van der Waals surface area (Å²) in [5, 5.41) is 4.70. The van der Waals surface area contributed by atoms with Crippen molar-refractivity contribution in [1.29, 1.82) is 0 Å². The lowest BCUT2D eigenvalue weighted by molar-refractivity contribution is -0.161. The highest BCUT2D eigenvalue weighted by Crippen LogP contribution is 2.25. The van der Waals surface area contributed by atoms with Crippen LogP contribution in [-0.4, -0.2) is 34.9 Å². The molecule has 0 saturated heterocycles. The zero-order chi connectivity index (χ0) is 20.8. The Kier molecular flexibility index (Phi) is 6.24. The fourth-order valence-electron chi connectivity index (χ4n) is 2.74. The Bertz CT molecular complexity index is 1020. The van der Waals surface area contributed by atoms with E-state index < -0.39 is 18.0 Å². The minimum Gasteiger partial charge on any atom is -0.466 e. The number of rotatable bonds is 6. The largest absolute Gasteiger partial charge is 0.466 e. The van der Waals surface area contributed by atoms with Crippen LogP contribution in [0, 0.1) is 6.92 Å². The summed E-state index contributed by atoms with van der Waals surface area (Å²) >= 11 is 0. The zero-order valence-corrected chi connectivity index (χ0v) is 16.5. The van der Waals surface area contributed by atoms with Gasteiger partial charge in [0.15, 0.2) is 6.10 Å². The van der Waals surface area contributed by atoms with Gasteiger partial charge in [0.1, 0.15) is 0 Å². The first-order valence-electron chi connectivity index (χ1n) is 9.16. The van der Waals surface area contributed by atoms with Gasteiger partial charge in [0, 0.05) is 23.4 Å². The maximum absolute atomic E-state index is 12.1. The Morgan fingerprint density at radius 2 is 1.76 bits per heavy atom. The topological polar surface area (TPSA) is 70.4 Å². The summed E-state index contributed by atoms with van der Waals surface area (Å²) < 4.78 is 11.4. The van der Waals surface area contributed by atoms with E-state index in [2.05, 4.69) is 4.74 Å². The van der Waals surface area contributed by atoms with Crippen LogP contribution in [-0.2, 0) is 19.1 Å². The average molecular weight is 390 g/mol. The molecule has 2 aromatic carbocycles. The van der Waals surface area contributed by atoms with Crippen molar-refractivity contribution in [3.63, 3.8) is 0 Å². The van der Waals surface area contributed by atoms with Crippen LogP contribution in [0.5, 0.6) is 0 Å². The van der Waals surface area contributed by atoms with Gasteiger partial charge >= 0.3 is 11.9 Å². The van der Waals surface area contributed by atoms with E-state index in [0.717, 1.165) is 28.1 Å². The lowest BCUT2D eigenvalue weighted by Gasteiger charge is -2.08. The highest BCUT2D eigenvalue weighted by molar-refractivity contribution is 5.90. The van der Waals surface area contributed by atoms with E-state index in [1.54, 1.807) is 10.8 Å². The maximum atomic E-state index is 12.1. The van der Waals surface area contributed by atoms with E-state index >= 15 is 0 Å². The molecule has 0 N–H and O–H groups in total. The summed E-state index contributed by atoms with van der Waals surface area (Å²) in [5.74, 6) is -1.24. The summed E-state index contributed by atoms with van der Waals surface area (Å²) in [6.07, 6.45) is 3.79. The van der Waals surface area contributed by atoms with Crippen molar-refractivity contribution in [1.82, 2.24) is 9.78 Å². The van der Waals surface area contributed by atoms with Crippen molar-refractivity contribution >= 4 is 18.0 Å². The third-order valence-corrected chi connectivity index (χ3v) is 4.31. The number of aryl methyl sites for hydroxylation is 1. The van der Waals surface area contributed by atoms with Gasteiger partial charge in [-0.2, -0.15) is 5.10 Å². The smallest absolute Gasteiger partial charge is 0.346 e. The monoisotopic (exact) mass is 390 g/mol. The standard InChI is InChI=1S/C23H22N2O4/c1-16-9-11-18(12-10-16)22-19(13-14-21(26)29-17(2)23(27)28-3)15-25(24-22)20-7-5-4-6-8-20/h4-15,17H,1-3H3/b14-13+. The van der Waals surface area contributed by atoms with Crippen LogP contribution in [0.1, 0.15) is 18.1 Å². The molecule has 0 aliphatic rings. The van der Waals surface area contributed by atoms with Crippen molar-refractivity contribution in [2.45, 2.75) is 20.0 Å². The lowest BCUT2D eigenvalue weighted by atomic mass is 10.1. The molecule has 0 saturated carbocycles. The van der Waals surface area contributed by atoms with E-state index in [0.29, 0.717) is 0 Å². The summed E-state index contributed by atoms with van der Waals surface area (Å²) in [6.45, 7) is 3.48. The Morgan fingerprint density at radius 3 is 2.41 bits per heavy atom. The number of nitrogens with zero attached hydrogens (tertiary/aromatic N) is 2. The highest BCUT2D eigenvalue weighted by atomic mass is 16.6. The van der Waals surface area contributed by atoms with Gasteiger partial charge in [-0.15, -0.1) is 0 Å². The molecular formula is C23H22N2O4. The molecule has 1 atom stereocenters. The van der Waals surface area contributed by atoms with Crippen LogP contribution in [0.25, 0.3) is 23.0 Å². The second kappa shape index (κ2) is 9.01. The van der Waals surface area contributed by atoms with Gasteiger partial charge in [0.05, 0.1) is 18.5 Å². The first kappa shape index (κ1) is 20.1. The molecule has 148 valence electrons. The molecule has 0 aliphatic heterocycles. The molecule has 1 aromatic heterocycles. The normalized spacial score (nSPS) is 12.0. The number of aromatic nitrogens is 2. The van der Waals surface area contributed by atoms with Crippen LogP contribution in [0.15, 0.2) is 66.9 Å². The van der Waals surface area contributed by atoms with E-state index in [4.69, 9.17) is 9.84 Å². The Labute approximate surface area is 169 Å². The van der Waals surface area contributed by atoms with Crippen LogP contribution in [0.3, 0.4) is 0 Å². The second-order valence-corrected chi connectivity index (χ2v) is 6.51. The van der Waals surface area contributed by atoms with Gasteiger partial charge in [-0.05, 0) is 32.1 Å². The molecular weight excluding hydrogens is 368 g/mol. The van der Waals surface area contributed by atoms with Crippen LogP contribution >= 0.6 is 0 Å². The number of ether oxygens (including phenoxy) is 2. The number of hydrogen-bond acceptors (Lipinski definition) is 5. The number of hydrogen-bond donors (Lipinski definition) is 0. The van der Waals surface area contributed by atoms with E-state index in [1.165, 1.54) is 20.1 Å². The number of para-hydroxylation sites is 1. The van der Waals surface area contributed by atoms with Crippen molar-refractivity contribution in [2.75, 3.05) is 7.11 Å². The van der Waals surface area contributed by atoms with Crippen molar-refractivity contribution in [2.24, 2.45) is 0 Å². The third-order valence-electron chi connectivity index (χ3n) is 4.31. The minimum atomic E-state index is -0.972. The quantitative estimate of drug-likeness (QED) is 0.471. The molecule has 3 rings (SSSR count). The van der Waals surface area contributed by atoms with Crippen LogP contribution < -0.4 is 0 Å². The molecule has 0 radical (unpaired) electrons. The van der Waals surface area contributed by atoms with Crippen LogP contribution in [0.4, 0.5) is 0 Å². The molecule has 6 heteroatoms. The van der Waals surface area contributed by atoms with E-state index in [-0.39, 0.29) is 0 Å². The first-order valence-corrected chi connectivity index (χ1v) is 9.16. The van der Waals surface area contributed by atoms with Gasteiger partial charge < -0.3 is 9.47 Å². The molecule has 1 heterocycles. The Balaban J connectivity index is 1.91. The van der Waals surface area contributed by atoms with Gasteiger partial charge in [0.2, 0.25) is 0 Å². The summed E-state index contributed by atoms with van der Waals surface area (Å²) in [5.41, 5.74) is 4.47. The maximum Gasteiger partial charge on any atom is 0.346 e.